The Bertz CT molecular complexity index is 959. The molecule has 2 aromatic carbocycles. The van der Waals surface area contributed by atoms with E-state index in [1.54, 1.807) is 25.3 Å². The Hall–Kier alpha value is -3.06. The smallest absolute Gasteiger partial charge is 0.323 e. The number of esters is 1. The molecule has 0 unspecified atom stereocenters. The van der Waals surface area contributed by atoms with Crippen molar-refractivity contribution in [2.45, 2.75) is 38.9 Å². The second kappa shape index (κ2) is 9.83. The molecule has 0 aliphatic carbocycles. The molecule has 0 aromatic heterocycles. The van der Waals surface area contributed by atoms with Crippen molar-refractivity contribution in [3.8, 4) is 11.5 Å². The van der Waals surface area contributed by atoms with Gasteiger partial charge in [-0.25, -0.2) is 0 Å². The minimum absolute atomic E-state index is 0.186. The molecule has 0 saturated carbocycles. The molecule has 2 aromatic rings. The highest BCUT2D eigenvalue weighted by molar-refractivity contribution is 5.97. The summed E-state index contributed by atoms with van der Waals surface area (Å²) in [5.74, 6) is 0.510. The molecule has 7 nitrogen and oxygen atoms in total. The molecule has 2 atom stereocenters. The Kier molecular flexibility index (Phi) is 7.17. The van der Waals surface area contributed by atoms with Crippen LogP contribution in [0.1, 0.15) is 33.5 Å². The summed E-state index contributed by atoms with van der Waals surface area (Å²) in [5, 5.41) is 3.05. The van der Waals surface area contributed by atoms with Gasteiger partial charge in [0.1, 0.15) is 17.5 Å². The predicted molar refractivity (Wildman–Crippen MR) is 118 cm³/mol. The predicted octanol–water partition coefficient (Wildman–Crippen LogP) is 2.87. The van der Waals surface area contributed by atoms with Gasteiger partial charge >= 0.3 is 5.97 Å². The van der Waals surface area contributed by atoms with Crippen LogP contribution in [0.2, 0.25) is 0 Å². The van der Waals surface area contributed by atoms with E-state index in [0.29, 0.717) is 36.6 Å². The number of rotatable bonds is 7. The van der Waals surface area contributed by atoms with Gasteiger partial charge in [-0.2, -0.15) is 0 Å². The highest BCUT2D eigenvalue weighted by Crippen LogP contribution is 2.27. The average molecular weight is 427 g/mol. The van der Waals surface area contributed by atoms with Crippen LogP contribution in [0.4, 0.5) is 0 Å². The summed E-state index contributed by atoms with van der Waals surface area (Å²) in [4.78, 5) is 27.4. The first-order chi connectivity index (χ1) is 14.9. The van der Waals surface area contributed by atoms with Crippen LogP contribution in [0.3, 0.4) is 0 Å². The van der Waals surface area contributed by atoms with Crippen LogP contribution in [-0.4, -0.2) is 56.7 Å². The summed E-state index contributed by atoms with van der Waals surface area (Å²) >= 11 is 0. The number of carbonyl (C=O) groups is 2. The highest BCUT2D eigenvalue weighted by atomic mass is 16.5. The molecule has 0 bridgehead atoms. The van der Waals surface area contributed by atoms with E-state index < -0.39 is 6.04 Å². The second-order valence-electron chi connectivity index (χ2n) is 7.87. The van der Waals surface area contributed by atoms with Crippen molar-refractivity contribution in [1.82, 2.24) is 10.2 Å². The molecule has 1 aliphatic heterocycles. The molecule has 31 heavy (non-hydrogen) atoms. The molecular formula is C24H30N2O5. The van der Waals surface area contributed by atoms with Crippen molar-refractivity contribution in [1.29, 1.82) is 0 Å². The van der Waals surface area contributed by atoms with Gasteiger partial charge in [-0.15, -0.1) is 0 Å². The van der Waals surface area contributed by atoms with Crippen molar-refractivity contribution in [2.24, 2.45) is 0 Å². The number of aryl methyl sites for hydroxylation is 2. The number of benzene rings is 2. The molecule has 166 valence electrons. The third kappa shape index (κ3) is 5.17. The zero-order valence-electron chi connectivity index (χ0n) is 18.7. The van der Waals surface area contributed by atoms with Gasteiger partial charge in [-0.05, 0) is 43.5 Å². The van der Waals surface area contributed by atoms with Gasteiger partial charge in [0.05, 0.1) is 26.9 Å². The maximum atomic E-state index is 12.9. The Morgan fingerprint density at radius 2 is 1.84 bits per heavy atom. The summed E-state index contributed by atoms with van der Waals surface area (Å²) in [6.45, 7) is 5.30. The van der Waals surface area contributed by atoms with E-state index in [1.807, 2.05) is 0 Å². The number of amides is 1. The summed E-state index contributed by atoms with van der Waals surface area (Å²) < 4.78 is 15.6. The van der Waals surface area contributed by atoms with Crippen LogP contribution in [0, 0.1) is 13.8 Å². The number of likely N-dealkylation sites (tertiary alicyclic amines) is 1. The largest absolute Gasteiger partial charge is 0.497 e. The van der Waals surface area contributed by atoms with Crippen molar-refractivity contribution < 1.29 is 23.8 Å². The summed E-state index contributed by atoms with van der Waals surface area (Å²) in [6.07, 6.45) is 0.488. The van der Waals surface area contributed by atoms with Gasteiger partial charge in [0.25, 0.3) is 5.91 Å². The van der Waals surface area contributed by atoms with E-state index in [0.717, 1.165) is 5.56 Å². The highest BCUT2D eigenvalue weighted by Gasteiger charge is 2.38. The van der Waals surface area contributed by atoms with E-state index in [-0.39, 0.29) is 17.9 Å². The second-order valence-corrected chi connectivity index (χ2v) is 7.87. The van der Waals surface area contributed by atoms with Gasteiger partial charge in [0, 0.05) is 25.2 Å². The lowest BCUT2D eigenvalue weighted by Gasteiger charge is -2.23. The van der Waals surface area contributed by atoms with Crippen LogP contribution < -0.4 is 14.8 Å². The Morgan fingerprint density at radius 3 is 2.48 bits per heavy atom. The molecule has 1 amide bonds. The number of nitrogens with one attached hydrogen (secondary N) is 1. The molecule has 1 heterocycles. The first-order valence-corrected chi connectivity index (χ1v) is 10.3. The summed E-state index contributed by atoms with van der Waals surface area (Å²) in [7, 11) is 4.47. The third-order valence-electron chi connectivity index (χ3n) is 5.74. The van der Waals surface area contributed by atoms with Gasteiger partial charge in [-0.1, -0.05) is 23.8 Å². The molecule has 1 aliphatic rings. The van der Waals surface area contributed by atoms with E-state index in [1.165, 1.54) is 25.3 Å². The number of methoxy groups -OCH3 is 3. The molecule has 1 N–H and O–H groups in total. The Labute approximate surface area is 183 Å². The van der Waals surface area contributed by atoms with E-state index in [2.05, 4.69) is 42.3 Å². The lowest BCUT2D eigenvalue weighted by atomic mass is 10.0. The molecule has 7 heteroatoms. The van der Waals surface area contributed by atoms with E-state index in [4.69, 9.17) is 14.2 Å². The number of ether oxygens (including phenoxy) is 3. The van der Waals surface area contributed by atoms with Gasteiger partial charge < -0.3 is 19.5 Å². The average Bonchev–Trinajstić information content (AvgIpc) is 3.16. The fourth-order valence-corrected chi connectivity index (χ4v) is 4.06. The van der Waals surface area contributed by atoms with E-state index >= 15 is 0 Å². The Balaban J connectivity index is 1.75. The summed E-state index contributed by atoms with van der Waals surface area (Å²) in [5.41, 5.74) is 3.96. The maximum absolute atomic E-state index is 12.9. The zero-order chi connectivity index (χ0) is 22.5. The van der Waals surface area contributed by atoms with Crippen LogP contribution in [-0.2, 0) is 16.1 Å². The normalized spacial score (nSPS) is 18.5. The van der Waals surface area contributed by atoms with Crippen LogP contribution in [0.5, 0.6) is 11.5 Å². The van der Waals surface area contributed by atoms with Crippen molar-refractivity contribution in [3.05, 3.63) is 58.7 Å². The topological polar surface area (TPSA) is 77.1 Å². The summed E-state index contributed by atoms with van der Waals surface area (Å²) in [6, 6.07) is 10.8. The number of hydrogen-bond acceptors (Lipinski definition) is 6. The number of hydrogen-bond donors (Lipinski definition) is 1. The molecular weight excluding hydrogens is 396 g/mol. The molecule has 0 spiro atoms. The fourth-order valence-electron chi connectivity index (χ4n) is 4.06. The first kappa shape index (κ1) is 22.6. The third-order valence-corrected chi connectivity index (χ3v) is 5.74. The molecule has 3 rings (SSSR count). The Morgan fingerprint density at radius 1 is 1.06 bits per heavy atom. The first-order valence-electron chi connectivity index (χ1n) is 10.3. The van der Waals surface area contributed by atoms with Crippen molar-refractivity contribution in [2.75, 3.05) is 27.9 Å². The van der Waals surface area contributed by atoms with Gasteiger partial charge in [0.2, 0.25) is 0 Å². The van der Waals surface area contributed by atoms with Crippen LogP contribution in [0.25, 0.3) is 0 Å². The fraction of sp³-hybridized carbons (Fsp3) is 0.417. The lowest BCUT2D eigenvalue weighted by Crippen LogP contribution is -2.38. The lowest BCUT2D eigenvalue weighted by molar-refractivity contribution is -0.146. The van der Waals surface area contributed by atoms with Gasteiger partial charge in [-0.3, -0.25) is 14.5 Å². The minimum Gasteiger partial charge on any atom is -0.497 e. The van der Waals surface area contributed by atoms with E-state index in [9.17, 15) is 9.59 Å². The van der Waals surface area contributed by atoms with Crippen LogP contribution >= 0.6 is 0 Å². The quantitative estimate of drug-likeness (QED) is 0.686. The minimum atomic E-state index is -0.409. The molecule has 1 saturated heterocycles. The van der Waals surface area contributed by atoms with Gasteiger partial charge in [0.15, 0.2) is 0 Å². The molecule has 0 radical (unpaired) electrons. The van der Waals surface area contributed by atoms with Crippen molar-refractivity contribution in [3.63, 3.8) is 0 Å². The SMILES string of the molecule is COC(=O)[C@@H]1C[C@@H](NC(=O)c2ccc(OC)cc2OC)CN1Cc1ccc(C)cc1C. The monoisotopic (exact) mass is 426 g/mol. The number of carbonyl (C=O) groups excluding carboxylic acids is 2. The van der Waals surface area contributed by atoms with Crippen LogP contribution in [0.15, 0.2) is 36.4 Å². The standard InChI is InChI=1S/C24H30N2O5/c1-15-6-7-17(16(2)10-15)13-26-14-18(11-21(26)24(28)31-5)25-23(27)20-9-8-19(29-3)12-22(20)30-4/h6-10,12,18,21H,11,13-14H2,1-5H3,(H,25,27)/t18-,21+/m1/s1. The molecule has 1 fully saturated rings. The maximum Gasteiger partial charge on any atom is 0.323 e. The zero-order valence-corrected chi connectivity index (χ0v) is 18.7. The van der Waals surface area contributed by atoms with Crippen molar-refractivity contribution >= 4 is 11.9 Å². The number of nitrogens with zero attached hydrogens (tertiary/aromatic N) is 1.